The van der Waals surface area contributed by atoms with Crippen LogP contribution in [-0.2, 0) is 9.59 Å². The quantitative estimate of drug-likeness (QED) is 0.492. The molecule has 0 spiro atoms. The minimum absolute atomic E-state index is 0.0216. The number of amides is 1. The number of nitrogens with zero attached hydrogens (tertiary/aromatic N) is 1. The summed E-state index contributed by atoms with van der Waals surface area (Å²) in [5, 5.41) is 10.8. The molecular formula is C22H22FNO4. The molecule has 1 N–H and O–H groups in total. The van der Waals surface area contributed by atoms with Crippen molar-refractivity contribution in [1.29, 1.82) is 0 Å². The van der Waals surface area contributed by atoms with Crippen LogP contribution in [0, 0.1) is 5.82 Å². The number of rotatable bonds is 4. The zero-order valence-corrected chi connectivity index (χ0v) is 16.2. The van der Waals surface area contributed by atoms with E-state index in [1.807, 2.05) is 24.3 Å². The molecule has 0 bridgehead atoms. The molecule has 0 aromatic heterocycles. The number of ether oxygens (including phenoxy) is 1. The maximum Gasteiger partial charge on any atom is 0.295 e. The Balaban J connectivity index is 2.12. The summed E-state index contributed by atoms with van der Waals surface area (Å²) in [7, 11) is 2.84. The van der Waals surface area contributed by atoms with Crippen LogP contribution in [0.25, 0.3) is 5.76 Å². The van der Waals surface area contributed by atoms with Crippen LogP contribution in [0.2, 0.25) is 0 Å². The molecular weight excluding hydrogens is 361 g/mol. The van der Waals surface area contributed by atoms with E-state index in [-0.39, 0.29) is 16.9 Å². The number of aliphatic hydroxyl groups is 1. The van der Waals surface area contributed by atoms with Gasteiger partial charge in [-0.2, -0.15) is 0 Å². The molecule has 2 aromatic carbocycles. The molecule has 1 saturated heterocycles. The number of hydrogen-bond acceptors (Lipinski definition) is 4. The predicted molar refractivity (Wildman–Crippen MR) is 104 cm³/mol. The van der Waals surface area contributed by atoms with Crippen molar-refractivity contribution in [2.75, 3.05) is 14.2 Å². The Kier molecular flexibility index (Phi) is 5.23. The summed E-state index contributed by atoms with van der Waals surface area (Å²) in [5.41, 5.74) is 1.86. The summed E-state index contributed by atoms with van der Waals surface area (Å²) >= 11 is 0. The average Bonchev–Trinajstić information content (AvgIpc) is 2.91. The van der Waals surface area contributed by atoms with Crippen LogP contribution in [0.4, 0.5) is 4.39 Å². The van der Waals surface area contributed by atoms with Crippen molar-refractivity contribution in [2.45, 2.75) is 25.8 Å². The second-order valence-corrected chi connectivity index (χ2v) is 7.08. The molecule has 2 aromatic rings. The zero-order valence-electron chi connectivity index (χ0n) is 16.2. The maximum atomic E-state index is 14.1. The number of ketones is 1. The predicted octanol–water partition coefficient (Wildman–Crippen LogP) is 4.01. The molecule has 1 aliphatic heterocycles. The fourth-order valence-electron chi connectivity index (χ4n) is 3.37. The second-order valence-electron chi connectivity index (χ2n) is 7.08. The molecule has 1 atom stereocenters. The van der Waals surface area contributed by atoms with Crippen LogP contribution in [-0.4, -0.2) is 35.9 Å². The molecule has 5 nitrogen and oxygen atoms in total. The molecule has 0 radical (unpaired) electrons. The third kappa shape index (κ3) is 3.26. The Hall–Kier alpha value is -3.15. The Morgan fingerprint density at radius 2 is 1.79 bits per heavy atom. The maximum absolute atomic E-state index is 14.1. The van der Waals surface area contributed by atoms with Crippen LogP contribution in [0.5, 0.6) is 5.75 Å². The highest BCUT2D eigenvalue weighted by molar-refractivity contribution is 6.46. The SMILES string of the molecule is COc1ccc(/C(O)=C2\C(=O)C(=O)N(C)C2c2ccc(C(C)C)cc2)cc1F. The first-order valence-corrected chi connectivity index (χ1v) is 8.94. The molecule has 1 heterocycles. The smallest absolute Gasteiger partial charge is 0.295 e. The first-order valence-electron chi connectivity index (χ1n) is 8.94. The number of aliphatic hydroxyl groups excluding tert-OH is 1. The highest BCUT2D eigenvalue weighted by Crippen LogP contribution is 2.39. The summed E-state index contributed by atoms with van der Waals surface area (Å²) in [6.45, 7) is 4.14. The second kappa shape index (κ2) is 7.46. The Morgan fingerprint density at radius 3 is 2.32 bits per heavy atom. The topological polar surface area (TPSA) is 66.8 Å². The number of carbonyl (C=O) groups excluding carboxylic acids is 2. The monoisotopic (exact) mass is 383 g/mol. The van der Waals surface area contributed by atoms with Crippen LogP contribution in [0.1, 0.15) is 42.5 Å². The van der Waals surface area contributed by atoms with Crippen LogP contribution < -0.4 is 4.74 Å². The fraction of sp³-hybridized carbons (Fsp3) is 0.273. The summed E-state index contributed by atoms with van der Waals surface area (Å²) in [6.07, 6.45) is 0. The molecule has 6 heteroatoms. The van der Waals surface area contributed by atoms with Crippen molar-refractivity contribution in [1.82, 2.24) is 4.90 Å². The van der Waals surface area contributed by atoms with Crippen molar-refractivity contribution < 1.29 is 23.8 Å². The van der Waals surface area contributed by atoms with Gasteiger partial charge in [-0.15, -0.1) is 0 Å². The van der Waals surface area contributed by atoms with Gasteiger partial charge in [0.25, 0.3) is 11.7 Å². The number of benzene rings is 2. The number of likely N-dealkylation sites (tertiary alicyclic amines) is 1. The normalized spacial score (nSPS) is 18.8. The van der Waals surface area contributed by atoms with E-state index >= 15 is 0 Å². The van der Waals surface area contributed by atoms with Gasteiger partial charge in [0.05, 0.1) is 18.7 Å². The van der Waals surface area contributed by atoms with Crippen molar-refractivity contribution in [3.05, 3.63) is 70.5 Å². The van der Waals surface area contributed by atoms with Crippen molar-refractivity contribution in [3.8, 4) is 5.75 Å². The van der Waals surface area contributed by atoms with E-state index in [1.54, 1.807) is 0 Å². The molecule has 28 heavy (non-hydrogen) atoms. The summed E-state index contributed by atoms with van der Waals surface area (Å²) in [4.78, 5) is 26.2. The molecule has 0 aliphatic carbocycles. The number of carbonyl (C=O) groups is 2. The third-order valence-corrected chi connectivity index (χ3v) is 5.02. The van der Waals surface area contributed by atoms with Gasteiger partial charge in [-0.1, -0.05) is 38.1 Å². The number of methoxy groups -OCH3 is 1. The first-order chi connectivity index (χ1) is 13.3. The number of Topliss-reactive ketones (excluding diaryl/α,β-unsaturated/α-hetero) is 1. The third-order valence-electron chi connectivity index (χ3n) is 5.02. The van der Waals surface area contributed by atoms with Gasteiger partial charge >= 0.3 is 0 Å². The minimum Gasteiger partial charge on any atom is -0.507 e. The lowest BCUT2D eigenvalue weighted by molar-refractivity contribution is -0.139. The molecule has 1 unspecified atom stereocenters. The van der Waals surface area contributed by atoms with Crippen LogP contribution in [0.15, 0.2) is 48.0 Å². The average molecular weight is 383 g/mol. The number of halogens is 1. The lowest BCUT2D eigenvalue weighted by Crippen LogP contribution is -2.24. The summed E-state index contributed by atoms with van der Waals surface area (Å²) in [6, 6.07) is 10.7. The Bertz CT molecular complexity index is 963. The standard InChI is InChI=1S/C22H22FNO4/c1-12(2)13-5-7-14(8-6-13)19-18(21(26)22(27)24(19)3)20(25)15-9-10-17(28-4)16(23)11-15/h5-12,19,25H,1-4H3/b20-18+. The summed E-state index contributed by atoms with van der Waals surface area (Å²) < 4.78 is 18.9. The molecule has 1 amide bonds. The summed E-state index contributed by atoms with van der Waals surface area (Å²) in [5.74, 6) is -2.24. The van der Waals surface area contributed by atoms with E-state index in [0.717, 1.165) is 11.6 Å². The van der Waals surface area contributed by atoms with Gasteiger partial charge in [0.15, 0.2) is 11.6 Å². The van der Waals surface area contributed by atoms with E-state index in [1.165, 1.54) is 31.2 Å². The van der Waals surface area contributed by atoms with Crippen molar-refractivity contribution in [2.24, 2.45) is 0 Å². The number of hydrogen-bond donors (Lipinski definition) is 1. The fourth-order valence-corrected chi connectivity index (χ4v) is 3.37. The zero-order chi connectivity index (χ0) is 20.6. The minimum atomic E-state index is -0.797. The molecule has 0 saturated carbocycles. The van der Waals surface area contributed by atoms with Gasteiger partial charge in [0.1, 0.15) is 5.76 Å². The van der Waals surface area contributed by atoms with Crippen LogP contribution >= 0.6 is 0 Å². The molecule has 146 valence electrons. The molecule has 1 aliphatic rings. The van der Waals surface area contributed by atoms with Crippen molar-refractivity contribution >= 4 is 17.4 Å². The van der Waals surface area contributed by atoms with E-state index in [9.17, 15) is 19.1 Å². The van der Waals surface area contributed by atoms with Gasteiger partial charge in [-0.05, 0) is 35.2 Å². The highest BCUT2D eigenvalue weighted by atomic mass is 19.1. The largest absolute Gasteiger partial charge is 0.507 e. The van der Waals surface area contributed by atoms with E-state index in [4.69, 9.17) is 4.74 Å². The van der Waals surface area contributed by atoms with Gasteiger partial charge in [0, 0.05) is 12.6 Å². The van der Waals surface area contributed by atoms with Gasteiger partial charge in [-0.3, -0.25) is 9.59 Å². The first kappa shape index (κ1) is 19.6. The van der Waals surface area contributed by atoms with Crippen molar-refractivity contribution in [3.63, 3.8) is 0 Å². The van der Waals surface area contributed by atoms with E-state index < -0.39 is 29.3 Å². The van der Waals surface area contributed by atoms with Crippen LogP contribution in [0.3, 0.4) is 0 Å². The molecule has 1 fully saturated rings. The number of likely N-dealkylation sites (N-methyl/N-ethyl adjacent to an activating group) is 1. The highest BCUT2D eigenvalue weighted by Gasteiger charge is 2.44. The van der Waals surface area contributed by atoms with Gasteiger partial charge < -0.3 is 14.7 Å². The Morgan fingerprint density at radius 1 is 1.14 bits per heavy atom. The van der Waals surface area contributed by atoms with Gasteiger partial charge in [-0.25, -0.2) is 4.39 Å². The van der Waals surface area contributed by atoms with E-state index in [0.29, 0.717) is 11.5 Å². The molecule has 3 rings (SSSR count). The van der Waals surface area contributed by atoms with Gasteiger partial charge in [0.2, 0.25) is 0 Å². The van der Waals surface area contributed by atoms with E-state index in [2.05, 4.69) is 13.8 Å². The Labute approximate surface area is 163 Å². The lowest BCUT2D eigenvalue weighted by atomic mass is 9.93. The lowest BCUT2D eigenvalue weighted by Gasteiger charge is -2.21.